The van der Waals surface area contributed by atoms with Crippen LogP contribution in [0.15, 0.2) is 9.52 Å². The van der Waals surface area contributed by atoms with E-state index in [1.54, 1.807) is 0 Å². The second-order valence-electron chi connectivity index (χ2n) is 6.75. The Morgan fingerprint density at radius 3 is 2.48 bits per heavy atom. The van der Waals surface area contributed by atoms with Gasteiger partial charge >= 0.3 is 0 Å². The van der Waals surface area contributed by atoms with Crippen molar-refractivity contribution in [1.29, 1.82) is 0 Å². The lowest BCUT2D eigenvalue weighted by molar-refractivity contribution is 0.175. The van der Waals surface area contributed by atoms with Crippen LogP contribution >= 0.6 is 0 Å². The summed E-state index contributed by atoms with van der Waals surface area (Å²) < 4.78 is 5.26. The van der Waals surface area contributed by atoms with Gasteiger partial charge in [-0.3, -0.25) is 4.99 Å². The van der Waals surface area contributed by atoms with E-state index in [9.17, 15) is 5.11 Å². The summed E-state index contributed by atoms with van der Waals surface area (Å²) in [5, 5.41) is 19.9. The van der Waals surface area contributed by atoms with Gasteiger partial charge in [-0.1, -0.05) is 32.9 Å². The molecule has 1 rings (SSSR count). The smallest absolute Gasteiger partial charge is 0.228 e. The first-order valence-electron chi connectivity index (χ1n) is 9.45. The maximum atomic E-state index is 9.34. The molecule has 1 aromatic rings. The monoisotopic (exact) mass is 353 g/mol. The number of aliphatic hydroxyl groups is 1. The molecule has 0 saturated carbocycles. The Morgan fingerprint density at radius 2 is 1.96 bits per heavy atom. The molecule has 1 aromatic heterocycles. The zero-order valence-electron chi connectivity index (χ0n) is 16.4. The molecule has 144 valence electrons. The molecule has 1 heterocycles. The second-order valence-corrected chi connectivity index (χ2v) is 6.75. The van der Waals surface area contributed by atoms with Crippen LogP contribution in [0.3, 0.4) is 0 Å². The summed E-state index contributed by atoms with van der Waals surface area (Å²) in [4.78, 5) is 9.11. The van der Waals surface area contributed by atoms with Crippen molar-refractivity contribution in [3.05, 3.63) is 11.7 Å². The molecule has 7 heteroatoms. The molecule has 7 nitrogen and oxygen atoms in total. The number of nitrogens with zero attached hydrogens (tertiary/aromatic N) is 3. The van der Waals surface area contributed by atoms with Crippen LogP contribution in [0.4, 0.5) is 0 Å². The van der Waals surface area contributed by atoms with Crippen LogP contribution in [0.2, 0.25) is 0 Å². The van der Waals surface area contributed by atoms with Crippen molar-refractivity contribution in [3.8, 4) is 0 Å². The number of aromatic nitrogens is 2. The van der Waals surface area contributed by atoms with Gasteiger partial charge in [0.1, 0.15) is 0 Å². The van der Waals surface area contributed by atoms with E-state index in [1.165, 1.54) is 0 Å². The Bertz CT molecular complexity index is 509. The van der Waals surface area contributed by atoms with Crippen LogP contribution in [0.25, 0.3) is 0 Å². The highest BCUT2D eigenvalue weighted by Gasteiger charge is 2.25. The lowest BCUT2D eigenvalue weighted by Crippen LogP contribution is -2.39. The minimum Gasteiger partial charge on any atom is -0.396 e. The van der Waals surface area contributed by atoms with Crippen LogP contribution < -0.4 is 10.6 Å². The third kappa shape index (κ3) is 7.02. The van der Waals surface area contributed by atoms with E-state index >= 15 is 0 Å². The number of aliphatic hydroxyl groups excluding tert-OH is 1. The fourth-order valence-corrected chi connectivity index (χ4v) is 2.62. The van der Waals surface area contributed by atoms with Crippen LogP contribution in [-0.4, -0.2) is 47.4 Å². The fraction of sp³-hybridized carbons (Fsp3) is 0.833. The molecule has 0 saturated heterocycles. The topological polar surface area (TPSA) is 95.6 Å². The number of hydrogen-bond acceptors (Lipinski definition) is 5. The number of aliphatic imine (C=N–C) groups is 1. The van der Waals surface area contributed by atoms with Gasteiger partial charge in [0.2, 0.25) is 5.89 Å². The van der Waals surface area contributed by atoms with Crippen LogP contribution in [-0.2, 0) is 6.42 Å². The highest BCUT2D eigenvalue weighted by atomic mass is 16.5. The Morgan fingerprint density at radius 1 is 1.24 bits per heavy atom. The Labute approximate surface area is 151 Å². The maximum absolute atomic E-state index is 9.34. The number of hydrogen-bond donors (Lipinski definition) is 3. The molecule has 0 radical (unpaired) electrons. The molecule has 0 amide bonds. The Kier molecular flexibility index (Phi) is 9.49. The van der Waals surface area contributed by atoms with E-state index in [4.69, 9.17) is 9.52 Å². The van der Waals surface area contributed by atoms with Crippen molar-refractivity contribution < 1.29 is 9.63 Å². The van der Waals surface area contributed by atoms with E-state index in [0.717, 1.165) is 37.6 Å². The summed E-state index contributed by atoms with van der Waals surface area (Å²) in [7, 11) is 0. The standard InChI is InChI=1S/C18H35N5O2/c1-6-18(7-2,10-12-24)13-21-17(19-8-3)20-11-9-15-22-16(14(4)5)23-25-15/h14,24H,6-13H2,1-5H3,(H2,19,20,21). The highest BCUT2D eigenvalue weighted by molar-refractivity contribution is 5.79. The van der Waals surface area contributed by atoms with E-state index < -0.39 is 0 Å². The predicted molar refractivity (Wildman–Crippen MR) is 101 cm³/mol. The second kappa shape index (κ2) is 11.1. The fourth-order valence-electron chi connectivity index (χ4n) is 2.62. The van der Waals surface area contributed by atoms with Gasteiger partial charge in [-0.25, -0.2) is 0 Å². The first-order valence-corrected chi connectivity index (χ1v) is 9.45. The molecular weight excluding hydrogens is 318 g/mol. The molecular formula is C18H35N5O2. The molecule has 0 aliphatic rings. The van der Waals surface area contributed by atoms with E-state index in [0.29, 0.717) is 25.4 Å². The van der Waals surface area contributed by atoms with Gasteiger partial charge in [0.15, 0.2) is 11.8 Å². The van der Waals surface area contributed by atoms with Crippen molar-refractivity contribution in [3.63, 3.8) is 0 Å². The van der Waals surface area contributed by atoms with Crippen molar-refractivity contribution in [2.75, 3.05) is 26.2 Å². The largest absolute Gasteiger partial charge is 0.396 e. The summed E-state index contributed by atoms with van der Waals surface area (Å²) >= 11 is 0. The van der Waals surface area contributed by atoms with Gasteiger partial charge in [0.25, 0.3) is 0 Å². The average molecular weight is 354 g/mol. The molecule has 0 fully saturated rings. The van der Waals surface area contributed by atoms with Crippen molar-refractivity contribution in [2.45, 2.75) is 66.2 Å². The van der Waals surface area contributed by atoms with Gasteiger partial charge in [0, 0.05) is 38.6 Å². The third-order valence-corrected chi connectivity index (χ3v) is 4.69. The van der Waals surface area contributed by atoms with E-state index in [-0.39, 0.29) is 17.9 Å². The summed E-state index contributed by atoms with van der Waals surface area (Å²) in [5.41, 5.74) is 0.0652. The average Bonchev–Trinajstić information content (AvgIpc) is 3.08. The van der Waals surface area contributed by atoms with Crippen molar-refractivity contribution in [1.82, 2.24) is 20.8 Å². The zero-order valence-corrected chi connectivity index (χ0v) is 16.4. The van der Waals surface area contributed by atoms with E-state index in [2.05, 4.69) is 34.6 Å². The molecule has 25 heavy (non-hydrogen) atoms. The Balaban J connectivity index is 2.59. The lowest BCUT2D eigenvalue weighted by Gasteiger charge is -2.29. The normalized spacial score (nSPS) is 12.7. The SMILES string of the molecule is CCNC(=NCC(CC)(CC)CCO)NCCc1nc(C(C)C)no1. The van der Waals surface area contributed by atoms with Crippen molar-refractivity contribution in [2.24, 2.45) is 10.4 Å². The van der Waals surface area contributed by atoms with Gasteiger partial charge in [-0.2, -0.15) is 4.98 Å². The molecule has 3 N–H and O–H groups in total. The minimum atomic E-state index is 0.0652. The first kappa shape index (κ1) is 21.4. The lowest BCUT2D eigenvalue weighted by atomic mass is 9.79. The summed E-state index contributed by atoms with van der Waals surface area (Å²) in [6.07, 6.45) is 3.45. The van der Waals surface area contributed by atoms with Crippen LogP contribution in [0.5, 0.6) is 0 Å². The molecule has 0 aliphatic carbocycles. The van der Waals surface area contributed by atoms with Crippen LogP contribution in [0.1, 0.15) is 71.5 Å². The first-order chi connectivity index (χ1) is 12.0. The number of guanidine groups is 1. The molecule has 0 spiro atoms. The van der Waals surface area contributed by atoms with Gasteiger partial charge in [-0.15, -0.1) is 0 Å². The van der Waals surface area contributed by atoms with Crippen LogP contribution in [0, 0.1) is 5.41 Å². The molecule has 0 unspecified atom stereocenters. The van der Waals surface area contributed by atoms with Gasteiger partial charge in [0.05, 0.1) is 0 Å². The zero-order chi connectivity index (χ0) is 18.7. The maximum Gasteiger partial charge on any atom is 0.228 e. The summed E-state index contributed by atoms with van der Waals surface area (Å²) in [6, 6.07) is 0. The van der Waals surface area contributed by atoms with Crippen molar-refractivity contribution >= 4 is 5.96 Å². The molecule has 0 atom stereocenters. The molecule has 0 aromatic carbocycles. The number of rotatable bonds is 11. The third-order valence-electron chi connectivity index (χ3n) is 4.69. The van der Waals surface area contributed by atoms with Gasteiger partial charge in [-0.05, 0) is 31.6 Å². The summed E-state index contributed by atoms with van der Waals surface area (Å²) in [6.45, 7) is 12.8. The predicted octanol–water partition coefficient (Wildman–Crippen LogP) is 2.48. The Hall–Kier alpha value is -1.63. The molecule has 0 aliphatic heterocycles. The molecule has 0 bridgehead atoms. The highest BCUT2D eigenvalue weighted by Crippen LogP contribution is 2.30. The quantitative estimate of drug-likeness (QED) is 0.418. The number of nitrogens with one attached hydrogen (secondary N) is 2. The minimum absolute atomic E-state index is 0.0652. The van der Waals surface area contributed by atoms with Gasteiger partial charge < -0.3 is 20.3 Å². The summed E-state index contributed by atoms with van der Waals surface area (Å²) in [5.74, 6) is 2.45. The van der Waals surface area contributed by atoms with E-state index in [1.807, 2.05) is 20.8 Å².